The van der Waals surface area contributed by atoms with E-state index in [1.165, 1.54) is 0 Å². The monoisotopic (exact) mass is 390 g/mol. The summed E-state index contributed by atoms with van der Waals surface area (Å²) in [5.41, 5.74) is 0.898. The largest absolute Gasteiger partial charge is 0.496 e. The van der Waals surface area contributed by atoms with Gasteiger partial charge in [0.05, 0.1) is 26.5 Å². The van der Waals surface area contributed by atoms with E-state index >= 15 is 0 Å². The molecule has 0 aliphatic heterocycles. The van der Waals surface area contributed by atoms with Gasteiger partial charge in [-0.3, -0.25) is 0 Å². The van der Waals surface area contributed by atoms with Crippen LogP contribution in [-0.4, -0.2) is 44.9 Å². The molecule has 0 amide bonds. The molecule has 0 atom stereocenters. The van der Waals surface area contributed by atoms with Crippen molar-refractivity contribution in [2.45, 2.75) is 33.7 Å². The predicted octanol–water partition coefficient (Wildman–Crippen LogP) is 2.83. The Labute approximate surface area is 166 Å². The van der Waals surface area contributed by atoms with E-state index in [-0.39, 0.29) is 0 Å². The van der Waals surface area contributed by atoms with Gasteiger partial charge in [-0.05, 0) is 27.2 Å². The molecule has 2 N–H and O–H groups in total. The molecule has 0 saturated heterocycles. The van der Waals surface area contributed by atoms with Crippen molar-refractivity contribution in [1.82, 2.24) is 15.6 Å². The lowest BCUT2D eigenvalue weighted by atomic mass is 10.3. The van der Waals surface area contributed by atoms with Crippen molar-refractivity contribution in [2.24, 2.45) is 4.99 Å². The zero-order valence-electron chi connectivity index (χ0n) is 17.3. The van der Waals surface area contributed by atoms with Gasteiger partial charge < -0.3 is 29.3 Å². The molecule has 28 heavy (non-hydrogen) atoms. The molecule has 0 aliphatic carbocycles. The normalized spacial score (nSPS) is 11.2. The highest BCUT2D eigenvalue weighted by Gasteiger charge is 2.06. The van der Waals surface area contributed by atoms with Crippen molar-refractivity contribution in [3.8, 4) is 17.2 Å². The van der Waals surface area contributed by atoms with Crippen molar-refractivity contribution in [2.75, 3.05) is 33.9 Å². The van der Waals surface area contributed by atoms with Crippen LogP contribution < -0.4 is 24.8 Å². The Kier molecular flexibility index (Phi) is 8.45. The van der Waals surface area contributed by atoms with E-state index in [4.69, 9.17) is 18.6 Å². The SMILES string of the molecule is CCNC(=NCc1nc(C)c(C)o1)NCCCOc1cc(OC)cc(OC)c1. The molecule has 154 valence electrons. The fourth-order valence-corrected chi connectivity index (χ4v) is 2.43. The molecule has 0 spiro atoms. The molecule has 2 aromatic rings. The number of methoxy groups -OCH3 is 2. The Morgan fingerprint density at radius 3 is 2.32 bits per heavy atom. The molecule has 8 heteroatoms. The first-order valence-corrected chi connectivity index (χ1v) is 9.36. The molecule has 1 aromatic heterocycles. The van der Waals surface area contributed by atoms with E-state index in [1.54, 1.807) is 14.2 Å². The van der Waals surface area contributed by atoms with Crippen LogP contribution in [0.15, 0.2) is 27.6 Å². The number of hydrogen-bond acceptors (Lipinski definition) is 6. The van der Waals surface area contributed by atoms with Crippen LogP contribution >= 0.6 is 0 Å². The summed E-state index contributed by atoms with van der Waals surface area (Å²) in [5, 5.41) is 6.49. The van der Waals surface area contributed by atoms with Crippen molar-refractivity contribution in [3.05, 3.63) is 35.5 Å². The number of guanidine groups is 1. The summed E-state index contributed by atoms with van der Waals surface area (Å²) in [5.74, 6) is 4.28. The van der Waals surface area contributed by atoms with Gasteiger partial charge in [0.25, 0.3) is 0 Å². The van der Waals surface area contributed by atoms with Gasteiger partial charge in [0.15, 0.2) is 5.96 Å². The Bertz CT molecular complexity index is 732. The van der Waals surface area contributed by atoms with Crippen LogP contribution in [0.25, 0.3) is 0 Å². The number of ether oxygens (including phenoxy) is 3. The number of nitrogens with one attached hydrogen (secondary N) is 2. The number of oxazole rings is 1. The number of benzene rings is 1. The lowest BCUT2D eigenvalue weighted by Crippen LogP contribution is -2.38. The second-order valence-electron chi connectivity index (χ2n) is 6.12. The molecule has 8 nitrogen and oxygen atoms in total. The van der Waals surface area contributed by atoms with Crippen molar-refractivity contribution in [3.63, 3.8) is 0 Å². The zero-order valence-corrected chi connectivity index (χ0v) is 17.3. The number of aromatic nitrogens is 1. The van der Waals surface area contributed by atoms with Crippen LogP contribution in [0.4, 0.5) is 0 Å². The van der Waals surface area contributed by atoms with Crippen molar-refractivity contribution in [1.29, 1.82) is 0 Å². The Hall–Kier alpha value is -2.90. The second kappa shape index (κ2) is 11.1. The number of hydrogen-bond donors (Lipinski definition) is 2. The summed E-state index contributed by atoms with van der Waals surface area (Å²) in [6, 6.07) is 5.48. The van der Waals surface area contributed by atoms with E-state index in [1.807, 2.05) is 39.0 Å². The maximum atomic E-state index is 5.79. The minimum absolute atomic E-state index is 0.393. The van der Waals surface area contributed by atoms with E-state index < -0.39 is 0 Å². The third kappa shape index (κ3) is 6.68. The maximum Gasteiger partial charge on any atom is 0.216 e. The summed E-state index contributed by atoms with van der Waals surface area (Å²) in [6.07, 6.45) is 0.807. The molecule has 0 unspecified atom stereocenters. The quantitative estimate of drug-likeness (QED) is 0.366. The van der Waals surface area contributed by atoms with Crippen LogP contribution in [0.3, 0.4) is 0 Å². The van der Waals surface area contributed by atoms with Crippen molar-refractivity contribution >= 4 is 5.96 Å². The standard InChI is InChI=1S/C20H30N4O4/c1-6-21-20(23-13-19-24-14(2)15(3)28-19)22-8-7-9-27-18-11-16(25-4)10-17(12-18)26-5/h10-12H,6-9,13H2,1-5H3,(H2,21,22,23). The third-order valence-electron chi connectivity index (χ3n) is 4.00. The maximum absolute atomic E-state index is 5.79. The van der Waals surface area contributed by atoms with E-state index in [0.29, 0.717) is 36.3 Å². The number of aliphatic imine (C=N–C) groups is 1. The Morgan fingerprint density at radius 2 is 1.75 bits per heavy atom. The summed E-state index contributed by atoms with van der Waals surface area (Å²) < 4.78 is 21.8. The number of aryl methyl sites for hydroxylation is 2. The highest BCUT2D eigenvalue weighted by Crippen LogP contribution is 2.27. The molecule has 0 bridgehead atoms. The summed E-state index contributed by atoms with van der Waals surface area (Å²) in [4.78, 5) is 8.85. The summed E-state index contributed by atoms with van der Waals surface area (Å²) in [6.45, 7) is 8.29. The van der Waals surface area contributed by atoms with Gasteiger partial charge in [-0.2, -0.15) is 0 Å². The molecular weight excluding hydrogens is 360 g/mol. The molecular formula is C20H30N4O4. The average molecular weight is 390 g/mol. The van der Waals surface area contributed by atoms with Crippen LogP contribution in [-0.2, 0) is 6.54 Å². The fraction of sp³-hybridized carbons (Fsp3) is 0.500. The number of nitrogens with zero attached hydrogens (tertiary/aromatic N) is 2. The number of rotatable bonds is 10. The van der Waals surface area contributed by atoms with E-state index in [9.17, 15) is 0 Å². The van der Waals surface area contributed by atoms with E-state index in [0.717, 1.165) is 36.9 Å². The van der Waals surface area contributed by atoms with Crippen LogP contribution in [0.2, 0.25) is 0 Å². The van der Waals surface area contributed by atoms with E-state index in [2.05, 4.69) is 20.6 Å². The highest BCUT2D eigenvalue weighted by molar-refractivity contribution is 5.79. The van der Waals surface area contributed by atoms with Crippen LogP contribution in [0.1, 0.15) is 30.7 Å². The van der Waals surface area contributed by atoms with Crippen LogP contribution in [0.5, 0.6) is 17.2 Å². The Morgan fingerprint density at radius 1 is 1.07 bits per heavy atom. The average Bonchev–Trinajstić information content (AvgIpc) is 3.02. The lowest BCUT2D eigenvalue weighted by molar-refractivity contribution is 0.305. The van der Waals surface area contributed by atoms with Gasteiger partial charge in [0.2, 0.25) is 5.89 Å². The minimum atomic E-state index is 0.393. The minimum Gasteiger partial charge on any atom is -0.496 e. The van der Waals surface area contributed by atoms with Gasteiger partial charge in [0, 0.05) is 31.3 Å². The predicted molar refractivity (Wildman–Crippen MR) is 108 cm³/mol. The molecule has 0 fully saturated rings. The Balaban J connectivity index is 1.78. The first-order valence-electron chi connectivity index (χ1n) is 9.36. The second-order valence-corrected chi connectivity index (χ2v) is 6.12. The van der Waals surface area contributed by atoms with Gasteiger partial charge in [-0.15, -0.1) is 0 Å². The topological polar surface area (TPSA) is 90.1 Å². The highest BCUT2D eigenvalue weighted by atomic mass is 16.5. The van der Waals surface area contributed by atoms with Gasteiger partial charge in [-0.25, -0.2) is 9.98 Å². The fourth-order valence-electron chi connectivity index (χ4n) is 2.43. The van der Waals surface area contributed by atoms with Gasteiger partial charge in [0.1, 0.15) is 29.6 Å². The smallest absolute Gasteiger partial charge is 0.216 e. The molecule has 1 aromatic carbocycles. The summed E-state index contributed by atoms with van der Waals surface area (Å²) >= 11 is 0. The third-order valence-corrected chi connectivity index (χ3v) is 4.00. The van der Waals surface area contributed by atoms with Gasteiger partial charge >= 0.3 is 0 Å². The first kappa shape index (κ1) is 21.4. The molecule has 0 aliphatic rings. The van der Waals surface area contributed by atoms with Gasteiger partial charge in [-0.1, -0.05) is 0 Å². The van der Waals surface area contributed by atoms with Crippen molar-refractivity contribution < 1.29 is 18.6 Å². The van der Waals surface area contributed by atoms with Crippen LogP contribution in [0, 0.1) is 13.8 Å². The molecule has 0 radical (unpaired) electrons. The molecule has 0 saturated carbocycles. The zero-order chi connectivity index (χ0) is 20.4. The first-order chi connectivity index (χ1) is 13.5. The summed E-state index contributed by atoms with van der Waals surface area (Å²) in [7, 11) is 3.23. The molecule has 2 rings (SSSR count). The molecule has 1 heterocycles. The lowest BCUT2D eigenvalue weighted by Gasteiger charge is -2.12.